The molecule has 0 fully saturated rings. The zero-order valence-corrected chi connectivity index (χ0v) is 11.7. The van der Waals surface area contributed by atoms with E-state index >= 15 is 0 Å². The Balaban J connectivity index is 2.47. The Morgan fingerprint density at radius 2 is 1.83 bits per heavy atom. The highest BCUT2D eigenvalue weighted by atomic mass is 16.4. The fourth-order valence-corrected chi connectivity index (χ4v) is 1.64. The predicted octanol–water partition coefficient (Wildman–Crippen LogP) is 2.79. The molecule has 0 heterocycles. The van der Waals surface area contributed by atoms with Gasteiger partial charge in [-0.2, -0.15) is 0 Å². The number of hydrogen-bond donors (Lipinski definition) is 2. The standard InChI is InChI=1S/C15H23NO2/c1-11(14(17)18)9-16-10-12-5-7-13(8-6-12)15(2,3)4/h5-8,11,16H,9-10H2,1-4H3,(H,17,18). The third kappa shape index (κ3) is 4.49. The fourth-order valence-electron chi connectivity index (χ4n) is 1.64. The molecule has 1 aromatic carbocycles. The molecular weight excluding hydrogens is 226 g/mol. The number of benzene rings is 1. The van der Waals surface area contributed by atoms with Crippen LogP contribution in [0.15, 0.2) is 24.3 Å². The van der Waals surface area contributed by atoms with Gasteiger partial charge in [-0.15, -0.1) is 0 Å². The zero-order chi connectivity index (χ0) is 13.8. The normalized spacial score (nSPS) is 13.3. The molecule has 0 saturated carbocycles. The first-order valence-electron chi connectivity index (χ1n) is 6.33. The summed E-state index contributed by atoms with van der Waals surface area (Å²) in [4.78, 5) is 10.7. The van der Waals surface area contributed by atoms with Gasteiger partial charge in [-0.25, -0.2) is 0 Å². The summed E-state index contributed by atoms with van der Waals surface area (Å²) in [6.07, 6.45) is 0. The molecule has 1 aromatic rings. The van der Waals surface area contributed by atoms with Crippen molar-refractivity contribution < 1.29 is 9.90 Å². The van der Waals surface area contributed by atoms with E-state index in [0.29, 0.717) is 13.1 Å². The van der Waals surface area contributed by atoms with Crippen LogP contribution in [0, 0.1) is 5.92 Å². The molecule has 0 aliphatic rings. The lowest BCUT2D eigenvalue weighted by atomic mass is 9.87. The Hall–Kier alpha value is -1.35. The van der Waals surface area contributed by atoms with E-state index in [4.69, 9.17) is 5.11 Å². The molecule has 3 nitrogen and oxygen atoms in total. The summed E-state index contributed by atoms with van der Waals surface area (Å²) in [5.74, 6) is -1.11. The van der Waals surface area contributed by atoms with Crippen molar-refractivity contribution in [3.63, 3.8) is 0 Å². The first-order chi connectivity index (χ1) is 8.30. The first kappa shape index (κ1) is 14.7. The molecular formula is C15H23NO2. The van der Waals surface area contributed by atoms with Gasteiger partial charge in [0.05, 0.1) is 5.92 Å². The van der Waals surface area contributed by atoms with Crippen LogP contribution < -0.4 is 5.32 Å². The number of rotatable bonds is 5. The third-order valence-electron chi connectivity index (χ3n) is 3.02. The summed E-state index contributed by atoms with van der Waals surface area (Å²) < 4.78 is 0. The van der Waals surface area contributed by atoms with Gasteiger partial charge in [0.25, 0.3) is 0 Å². The van der Waals surface area contributed by atoms with E-state index < -0.39 is 5.97 Å². The monoisotopic (exact) mass is 249 g/mol. The van der Waals surface area contributed by atoms with E-state index in [0.717, 1.165) is 0 Å². The van der Waals surface area contributed by atoms with Gasteiger partial charge in [-0.3, -0.25) is 4.79 Å². The highest BCUT2D eigenvalue weighted by Gasteiger charge is 2.13. The summed E-state index contributed by atoms with van der Waals surface area (Å²) in [6.45, 7) is 9.48. The average molecular weight is 249 g/mol. The maximum Gasteiger partial charge on any atom is 0.307 e. The summed E-state index contributed by atoms with van der Waals surface area (Å²) >= 11 is 0. The molecule has 0 aromatic heterocycles. The van der Waals surface area contributed by atoms with Crippen LogP contribution in [0.4, 0.5) is 0 Å². The number of carbonyl (C=O) groups is 1. The predicted molar refractivity (Wildman–Crippen MR) is 73.6 cm³/mol. The quantitative estimate of drug-likeness (QED) is 0.843. The number of carboxylic acids is 1. The van der Waals surface area contributed by atoms with Crippen molar-refractivity contribution in [1.82, 2.24) is 5.32 Å². The number of nitrogens with one attached hydrogen (secondary N) is 1. The van der Waals surface area contributed by atoms with Crippen molar-refractivity contribution in [2.75, 3.05) is 6.54 Å². The lowest BCUT2D eigenvalue weighted by molar-refractivity contribution is -0.140. The van der Waals surface area contributed by atoms with Crippen LogP contribution in [0.1, 0.15) is 38.8 Å². The zero-order valence-electron chi connectivity index (χ0n) is 11.7. The van der Waals surface area contributed by atoms with Crippen LogP contribution in [0.5, 0.6) is 0 Å². The Morgan fingerprint density at radius 3 is 2.28 bits per heavy atom. The number of hydrogen-bond acceptors (Lipinski definition) is 2. The van der Waals surface area contributed by atoms with E-state index in [1.807, 2.05) is 0 Å². The highest BCUT2D eigenvalue weighted by molar-refractivity contribution is 5.69. The Bertz CT molecular complexity index is 390. The van der Waals surface area contributed by atoms with E-state index in [2.05, 4.69) is 50.4 Å². The molecule has 0 radical (unpaired) electrons. The third-order valence-corrected chi connectivity index (χ3v) is 3.02. The van der Waals surface area contributed by atoms with Crippen LogP contribution >= 0.6 is 0 Å². The summed E-state index contributed by atoms with van der Waals surface area (Å²) in [5, 5.41) is 11.9. The van der Waals surface area contributed by atoms with Gasteiger partial charge in [0, 0.05) is 13.1 Å². The van der Waals surface area contributed by atoms with Crippen LogP contribution in [0.3, 0.4) is 0 Å². The van der Waals surface area contributed by atoms with Crippen molar-refractivity contribution in [3.05, 3.63) is 35.4 Å². The maximum atomic E-state index is 10.7. The Morgan fingerprint density at radius 1 is 1.28 bits per heavy atom. The molecule has 3 heteroatoms. The van der Waals surface area contributed by atoms with Crippen LogP contribution in [-0.4, -0.2) is 17.6 Å². The summed E-state index contributed by atoms with van der Waals surface area (Å²) in [6, 6.07) is 8.47. The van der Waals surface area contributed by atoms with Crippen molar-refractivity contribution in [2.45, 2.75) is 39.7 Å². The van der Waals surface area contributed by atoms with Crippen molar-refractivity contribution in [2.24, 2.45) is 5.92 Å². The van der Waals surface area contributed by atoms with Crippen LogP contribution in [0.2, 0.25) is 0 Å². The van der Waals surface area contributed by atoms with Crippen molar-refractivity contribution >= 4 is 5.97 Å². The van der Waals surface area contributed by atoms with Gasteiger partial charge >= 0.3 is 5.97 Å². The number of aliphatic carboxylic acids is 1. The summed E-state index contributed by atoms with van der Waals surface area (Å²) in [5.41, 5.74) is 2.66. The minimum Gasteiger partial charge on any atom is -0.481 e. The summed E-state index contributed by atoms with van der Waals surface area (Å²) in [7, 11) is 0. The molecule has 1 atom stereocenters. The molecule has 0 amide bonds. The maximum absolute atomic E-state index is 10.7. The van der Waals surface area contributed by atoms with Gasteiger partial charge in [-0.1, -0.05) is 52.0 Å². The van der Waals surface area contributed by atoms with Crippen LogP contribution in [0.25, 0.3) is 0 Å². The molecule has 2 N–H and O–H groups in total. The van der Waals surface area contributed by atoms with Gasteiger partial charge < -0.3 is 10.4 Å². The second-order valence-electron chi connectivity index (χ2n) is 5.82. The van der Waals surface area contributed by atoms with E-state index in [9.17, 15) is 4.79 Å². The molecule has 0 saturated heterocycles. The largest absolute Gasteiger partial charge is 0.481 e. The van der Waals surface area contributed by atoms with E-state index in [1.165, 1.54) is 11.1 Å². The molecule has 0 bridgehead atoms. The second-order valence-corrected chi connectivity index (χ2v) is 5.82. The SMILES string of the molecule is CC(CNCc1ccc(C(C)(C)C)cc1)C(=O)O. The van der Waals surface area contributed by atoms with Crippen molar-refractivity contribution in [3.8, 4) is 0 Å². The average Bonchev–Trinajstić information content (AvgIpc) is 2.28. The molecule has 1 rings (SSSR count). The number of carboxylic acid groups (broad SMARTS) is 1. The lowest BCUT2D eigenvalue weighted by Gasteiger charge is -2.19. The molecule has 18 heavy (non-hydrogen) atoms. The second kappa shape index (κ2) is 6.01. The van der Waals surface area contributed by atoms with Crippen LogP contribution in [-0.2, 0) is 16.8 Å². The van der Waals surface area contributed by atoms with Gasteiger partial charge in [-0.05, 0) is 16.5 Å². The molecule has 100 valence electrons. The van der Waals surface area contributed by atoms with Gasteiger partial charge in [0.1, 0.15) is 0 Å². The Labute approximate surface area is 109 Å². The lowest BCUT2D eigenvalue weighted by Crippen LogP contribution is -2.25. The van der Waals surface area contributed by atoms with Gasteiger partial charge in [0.2, 0.25) is 0 Å². The van der Waals surface area contributed by atoms with E-state index in [-0.39, 0.29) is 11.3 Å². The fraction of sp³-hybridized carbons (Fsp3) is 0.533. The van der Waals surface area contributed by atoms with Gasteiger partial charge in [0.15, 0.2) is 0 Å². The highest BCUT2D eigenvalue weighted by Crippen LogP contribution is 2.22. The molecule has 0 aliphatic carbocycles. The van der Waals surface area contributed by atoms with E-state index in [1.54, 1.807) is 6.92 Å². The smallest absolute Gasteiger partial charge is 0.307 e. The Kier molecular flexibility index (Phi) is 4.91. The molecule has 0 aliphatic heterocycles. The minimum atomic E-state index is -0.759. The molecule has 1 unspecified atom stereocenters. The van der Waals surface area contributed by atoms with Crippen molar-refractivity contribution in [1.29, 1.82) is 0 Å². The molecule has 0 spiro atoms. The first-order valence-corrected chi connectivity index (χ1v) is 6.33. The topological polar surface area (TPSA) is 49.3 Å². The minimum absolute atomic E-state index is 0.170.